The van der Waals surface area contributed by atoms with Gasteiger partial charge in [0.1, 0.15) is 13.2 Å². The number of allylic oxidation sites excluding steroid dienone is 20. The summed E-state index contributed by atoms with van der Waals surface area (Å²) in [5, 5.41) is 0. The maximum Gasteiger partial charge on any atom is 0.306 e. The monoisotopic (exact) mass is 1150 g/mol. The fraction of sp³-hybridized carbons (Fsp3) is 0.701. The second kappa shape index (κ2) is 70.3. The first kappa shape index (κ1) is 78.8. The zero-order valence-corrected chi connectivity index (χ0v) is 54.4. The lowest BCUT2D eigenvalue weighted by Gasteiger charge is -2.18. The molecule has 0 aromatic carbocycles. The molecule has 0 bridgehead atoms. The van der Waals surface area contributed by atoms with E-state index >= 15 is 0 Å². The molecule has 0 saturated carbocycles. The lowest BCUT2D eigenvalue weighted by molar-refractivity contribution is -0.167. The van der Waals surface area contributed by atoms with E-state index in [-0.39, 0.29) is 31.1 Å². The van der Waals surface area contributed by atoms with Gasteiger partial charge in [0.15, 0.2) is 6.10 Å². The zero-order chi connectivity index (χ0) is 59.9. The third-order valence-electron chi connectivity index (χ3n) is 15.0. The van der Waals surface area contributed by atoms with Gasteiger partial charge in [0.2, 0.25) is 0 Å². The minimum Gasteiger partial charge on any atom is -0.462 e. The average Bonchev–Trinajstić information content (AvgIpc) is 3.49. The highest BCUT2D eigenvalue weighted by atomic mass is 16.6. The summed E-state index contributed by atoms with van der Waals surface area (Å²) in [6.07, 6.45) is 97.8. The minimum atomic E-state index is -0.795. The van der Waals surface area contributed by atoms with Crippen molar-refractivity contribution in [3.8, 4) is 0 Å². The van der Waals surface area contributed by atoms with E-state index in [1.807, 2.05) is 0 Å². The Bertz CT molecular complexity index is 1700. The van der Waals surface area contributed by atoms with E-state index < -0.39 is 6.10 Å². The first-order valence-corrected chi connectivity index (χ1v) is 35.0. The number of carbonyl (C=O) groups is 3. The van der Waals surface area contributed by atoms with Gasteiger partial charge in [-0.25, -0.2) is 0 Å². The summed E-state index contributed by atoms with van der Waals surface area (Å²) in [4.78, 5) is 38.5. The predicted octanol–water partition coefficient (Wildman–Crippen LogP) is 24.3. The smallest absolute Gasteiger partial charge is 0.306 e. The molecule has 0 aromatic rings. The molecule has 0 aliphatic carbocycles. The van der Waals surface area contributed by atoms with Crippen LogP contribution in [0, 0.1) is 0 Å². The molecular formula is C77H130O6. The highest BCUT2D eigenvalue weighted by Crippen LogP contribution is 2.17. The van der Waals surface area contributed by atoms with Gasteiger partial charge in [0, 0.05) is 19.3 Å². The first-order chi connectivity index (χ1) is 41.0. The molecule has 474 valence electrons. The van der Waals surface area contributed by atoms with Crippen molar-refractivity contribution in [2.45, 2.75) is 335 Å². The third-order valence-corrected chi connectivity index (χ3v) is 15.0. The van der Waals surface area contributed by atoms with Crippen LogP contribution in [0.4, 0.5) is 0 Å². The van der Waals surface area contributed by atoms with Gasteiger partial charge < -0.3 is 14.2 Å². The van der Waals surface area contributed by atoms with Crippen molar-refractivity contribution in [2.24, 2.45) is 0 Å². The van der Waals surface area contributed by atoms with Crippen LogP contribution in [0.15, 0.2) is 122 Å². The number of unbranched alkanes of at least 4 members (excludes halogenated alkanes) is 32. The number of ether oxygens (including phenoxy) is 3. The van der Waals surface area contributed by atoms with Gasteiger partial charge >= 0.3 is 17.9 Å². The van der Waals surface area contributed by atoms with Crippen LogP contribution in [0.3, 0.4) is 0 Å². The van der Waals surface area contributed by atoms with Gasteiger partial charge in [-0.3, -0.25) is 14.4 Å². The molecule has 1 atom stereocenters. The second-order valence-electron chi connectivity index (χ2n) is 23.1. The number of hydrogen-bond acceptors (Lipinski definition) is 6. The zero-order valence-electron chi connectivity index (χ0n) is 54.4. The highest BCUT2D eigenvalue weighted by Gasteiger charge is 2.19. The molecule has 0 aromatic heterocycles. The van der Waals surface area contributed by atoms with Gasteiger partial charge in [-0.1, -0.05) is 316 Å². The molecule has 0 saturated heterocycles. The fourth-order valence-corrected chi connectivity index (χ4v) is 9.73. The van der Waals surface area contributed by atoms with Gasteiger partial charge in [0.05, 0.1) is 0 Å². The van der Waals surface area contributed by atoms with Crippen LogP contribution in [-0.2, 0) is 28.6 Å². The van der Waals surface area contributed by atoms with E-state index in [0.717, 1.165) is 135 Å². The molecule has 6 nitrogen and oxygen atoms in total. The third kappa shape index (κ3) is 68.5. The quantitative estimate of drug-likeness (QED) is 0.0261. The Hall–Kier alpha value is -4.19. The Balaban J connectivity index is 4.42. The summed E-state index contributed by atoms with van der Waals surface area (Å²) >= 11 is 0. The van der Waals surface area contributed by atoms with Crippen LogP contribution < -0.4 is 0 Å². The van der Waals surface area contributed by atoms with E-state index in [4.69, 9.17) is 14.2 Å². The Morgan fingerprint density at radius 2 is 0.470 bits per heavy atom. The van der Waals surface area contributed by atoms with Crippen molar-refractivity contribution in [3.05, 3.63) is 122 Å². The summed E-state index contributed by atoms with van der Waals surface area (Å²) in [7, 11) is 0. The van der Waals surface area contributed by atoms with Crippen LogP contribution >= 0.6 is 0 Å². The lowest BCUT2D eigenvalue weighted by atomic mass is 10.0. The molecule has 0 N–H and O–H groups in total. The van der Waals surface area contributed by atoms with E-state index in [0.29, 0.717) is 19.3 Å². The second-order valence-corrected chi connectivity index (χ2v) is 23.1. The minimum absolute atomic E-state index is 0.0898. The molecular weight excluding hydrogens is 1020 g/mol. The van der Waals surface area contributed by atoms with Gasteiger partial charge in [-0.2, -0.15) is 0 Å². The lowest BCUT2D eigenvalue weighted by Crippen LogP contribution is -2.30. The van der Waals surface area contributed by atoms with Gasteiger partial charge in [-0.05, 0) is 116 Å². The van der Waals surface area contributed by atoms with Gasteiger partial charge in [0.25, 0.3) is 0 Å². The fourth-order valence-electron chi connectivity index (χ4n) is 9.73. The van der Waals surface area contributed by atoms with Crippen LogP contribution in [0.25, 0.3) is 0 Å². The molecule has 0 fully saturated rings. The molecule has 0 radical (unpaired) electrons. The van der Waals surface area contributed by atoms with Crippen molar-refractivity contribution in [1.82, 2.24) is 0 Å². The molecule has 0 aliphatic rings. The standard InChI is InChI=1S/C77H130O6/c1-4-7-10-13-16-19-22-25-28-31-33-34-35-36-37-38-39-40-41-42-44-46-49-52-55-58-61-64-67-70-76(79)82-73-74(72-81-75(78)69-66-63-60-57-54-51-48-45-30-27-24-21-18-15-12-9-6-3)83-77(80)71-68-65-62-59-56-53-50-47-43-32-29-26-23-20-17-14-11-8-5-2/h7,10,16,18-19,21,25,27-28,30,33-34,36-37,39-40,42,44,49,52,74H,4-6,8-9,11-15,17,20,22-24,26,29,31-32,35,38,41,43,45-48,50-51,53-73H2,1-3H3/b10-7-,19-16-,21-18-,28-25-,30-27-,34-33-,37-36-,40-39-,44-42-,52-49-. The normalized spacial score (nSPS) is 12.9. The first-order valence-electron chi connectivity index (χ1n) is 35.0. The highest BCUT2D eigenvalue weighted by molar-refractivity contribution is 5.71. The summed E-state index contributed by atoms with van der Waals surface area (Å²) < 4.78 is 17.0. The SMILES string of the molecule is CC/C=C\C/C=C\C/C=C\C/C=C\C/C=C\C/C=C\C/C=C\C/C=C\CCCCCCC(=O)OCC(COC(=O)CCCCCCCCC/C=C\C/C=C\CCCCC)OC(=O)CCCCCCCCCCCCCCCCCCCCC. The Morgan fingerprint density at radius 3 is 0.759 bits per heavy atom. The van der Waals surface area contributed by atoms with Crippen molar-refractivity contribution in [2.75, 3.05) is 13.2 Å². The van der Waals surface area contributed by atoms with E-state index in [1.54, 1.807) is 0 Å². The molecule has 0 spiro atoms. The van der Waals surface area contributed by atoms with E-state index in [1.165, 1.54) is 154 Å². The maximum absolute atomic E-state index is 13.0. The molecule has 0 amide bonds. The Morgan fingerprint density at radius 1 is 0.253 bits per heavy atom. The number of hydrogen-bond donors (Lipinski definition) is 0. The van der Waals surface area contributed by atoms with Crippen LogP contribution in [0.5, 0.6) is 0 Å². The molecule has 83 heavy (non-hydrogen) atoms. The predicted molar refractivity (Wildman–Crippen MR) is 362 cm³/mol. The number of rotatable bonds is 63. The van der Waals surface area contributed by atoms with Crippen LogP contribution in [-0.4, -0.2) is 37.2 Å². The number of carbonyl (C=O) groups excluding carboxylic acids is 3. The maximum atomic E-state index is 13.0. The molecule has 1 unspecified atom stereocenters. The van der Waals surface area contributed by atoms with E-state index in [2.05, 4.69) is 142 Å². The Labute approximate surface area is 513 Å². The van der Waals surface area contributed by atoms with Gasteiger partial charge in [-0.15, -0.1) is 0 Å². The number of esters is 3. The Kier molecular flexibility index (Phi) is 66.7. The largest absolute Gasteiger partial charge is 0.462 e. The van der Waals surface area contributed by atoms with Crippen molar-refractivity contribution >= 4 is 17.9 Å². The molecule has 0 aliphatic heterocycles. The summed E-state index contributed by atoms with van der Waals surface area (Å²) in [6.45, 7) is 6.51. The summed E-state index contributed by atoms with van der Waals surface area (Å²) in [6, 6.07) is 0. The van der Waals surface area contributed by atoms with E-state index in [9.17, 15) is 14.4 Å². The van der Waals surface area contributed by atoms with Crippen molar-refractivity contribution in [3.63, 3.8) is 0 Å². The van der Waals surface area contributed by atoms with Crippen LogP contribution in [0.1, 0.15) is 329 Å². The van der Waals surface area contributed by atoms with Crippen molar-refractivity contribution < 1.29 is 28.6 Å². The molecule has 0 rings (SSSR count). The average molecular weight is 1150 g/mol. The summed E-state index contributed by atoms with van der Waals surface area (Å²) in [5.41, 5.74) is 0. The molecule has 6 heteroatoms. The summed E-state index contributed by atoms with van der Waals surface area (Å²) in [5.74, 6) is -0.910. The van der Waals surface area contributed by atoms with Crippen molar-refractivity contribution in [1.29, 1.82) is 0 Å². The topological polar surface area (TPSA) is 78.9 Å². The molecule has 0 heterocycles. The van der Waals surface area contributed by atoms with Crippen LogP contribution in [0.2, 0.25) is 0 Å².